The van der Waals surface area contributed by atoms with Crippen LogP contribution in [0.4, 0.5) is 17.6 Å². The number of hydrogen-bond acceptors (Lipinski definition) is 0. The number of benzene rings is 3. The highest BCUT2D eigenvalue weighted by Crippen LogP contribution is 2.34. The topological polar surface area (TPSA) is 0 Å². The predicted molar refractivity (Wildman–Crippen MR) is 135 cm³/mol. The summed E-state index contributed by atoms with van der Waals surface area (Å²) >= 11 is 0. The quantitative estimate of drug-likeness (QED) is 0.244. The Labute approximate surface area is 205 Å². The van der Waals surface area contributed by atoms with Gasteiger partial charge < -0.3 is 0 Å². The van der Waals surface area contributed by atoms with Crippen molar-refractivity contribution in [2.45, 2.75) is 70.9 Å². The van der Waals surface area contributed by atoms with E-state index < -0.39 is 11.7 Å². The van der Waals surface area contributed by atoms with Crippen LogP contribution in [0, 0.1) is 29.5 Å². The molecule has 0 bridgehead atoms. The molecule has 1 fully saturated rings. The Hall–Kier alpha value is -2.80. The second-order valence-corrected chi connectivity index (χ2v) is 9.88. The molecular weight excluding hydrogens is 448 g/mol. The molecule has 35 heavy (non-hydrogen) atoms. The first-order valence-electron chi connectivity index (χ1n) is 12.7. The van der Waals surface area contributed by atoms with Crippen molar-refractivity contribution < 1.29 is 17.6 Å². The van der Waals surface area contributed by atoms with Crippen molar-refractivity contribution in [2.75, 3.05) is 0 Å². The lowest BCUT2D eigenvalue weighted by atomic mass is 9.78. The molecule has 0 nitrogen and oxygen atoms in total. The van der Waals surface area contributed by atoms with Crippen LogP contribution in [0.5, 0.6) is 0 Å². The van der Waals surface area contributed by atoms with Crippen molar-refractivity contribution >= 4 is 10.8 Å². The maximum Gasteiger partial charge on any atom is 0.416 e. The summed E-state index contributed by atoms with van der Waals surface area (Å²) in [4.78, 5) is 0. The molecule has 0 heterocycles. The summed E-state index contributed by atoms with van der Waals surface area (Å²) in [7, 11) is 0. The zero-order valence-electron chi connectivity index (χ0n) is 20.2. The minimum absolute atomic E-state index is 0.241. The van der Waals surface area contributed by atoms with Crippen molar-refractivity contribution in [1.29, 1.82) is 0 Å². The van der Waals surface area contributed by atoms with Crippen LogP contribution in [0.15, 0.2) is 54.6 Å². The van der Waals surface area contributed by atoms with Gasteiger partial charge in [0.25, 0.3) is 0 Å². The first-order chi connectivity index (χ1) is 16.8. The molecule has 0 unspecified atom stereocenters. The predicted octanol–water partition coefficient (Wildman–Crippen LogP) is 9.33. The fourth-order valence-corrected chi connectivity index (χ4v) is 5.15. The summed E-state index contributed by atoms with van der Waals surface area (Å²) in [5.41, 5.74) is 1.15. The van der Waals surface area contributed by atoms with Crippen LogP contribution < -0.4 is 0 Å². The van der Waals surface area contributed by atoms with Crippen LogP contribution >= 0.6 is 0 Å². The molecule has 3 aromatic rings. The van der Waals surface area contributed by atoms with Gasteiger partial charge in [-0.15, -0.1) is 0 Å². The summed E-state index contributed by atoms with van der Waals surface area (Å²) in [6, 6.07) is 14.0. The number of fused-ring (bicyclic) bond motifs is 1. The molecule has 1 aliphatic rings. The summed E-state index contributed by atoms with van der Waals surface area (Å²) < 4.78 is 53.2. The van der Waals surface area contributed by atoms with E-state index in [1.807, 2.05) is 18.2 Å². The van der Waals surface area contributed by atoms with Gasteiger partial charge in [-0.3, -0.25) is 0 Å². The van der Waals surface area contributed by atoms with E-state index in [0.717, 1.165) is 35.8 Å². The van der Waals surface area contributed by atoms with Gasteiger partial charge in [-0.1, -0.05) is 88.0 Å². The molecule has 184 valence electrons. The van der Waals surface area contributed by atoms with E-state index in [0.29, 0.717) is 10.9 Å². The average Bonchev–Trinajstić information content (AvgIpc) is 2.86. The van der Waals surface area contributed by atoms with E-state index in [4.69, 9.17) is 0 Å². The third kappa shape index (κ3) is 6.66. The fraction of sp³-hybridized carbons (Fsp3) is 0.419. The van der Waals surface area contributed by atoms with Crippen LogP contribution in [0.3, 0.4) is 0 Å². The molecule has 1 aliphatic carbocycles. The van der Waals surface area contributed by atoms with Crippen molar-refractivity contribution in [3.8, 4) is 11.8 Å². The highest BCUT2D eigenvalue weighted by Gasteiger charge is 2.29. The minimum atomic E-state index is -4.39. The molecule has 0 N–H and O–H groups in total. The van der Waals surface area contributed by atoms with Gasteiger partial charge in [0, 0.05) is 10.9 Å². The highest BCUT2D eigenvalue weighted by atomic mass is 19.4. The van der Waals surface area contributed by atoms with Crippen LogP contribution in [-0.4, -0.2) is 0 Å². The molecule has 0 aromatic heterocycles. The SMILES string of the molecule is CCCCC1CCC(CCc2ccc3c(F)c(C#Cc4ccc(C(F)(F)F)cc4)ccc3c2)CC1. The van der Waals surface area contributed by atoms with Crippen LogP contribution in [0.1, 0.15) is 80.5 Å². The van der Waals surface area contributed by atoms with Gasteiger partial charge in [0.2, 0.25) is 0 Å². The number of halogens is 4. The Kier molecular flexibility index (Phi) is 8.16. The standard InChI is InChI=1S/C31H32F4/c1-2-3-4-22-5-7-23(8-6-22)9-10-25-14-20-29-27(21-25)17-16-26(30(29)32)15-11-24-12-18-28(19-13-24)31(33,34)35/h12-14,16-23H,2-10H2,1H3. The number of alkyl halides is 3. The number of aryl methyl sites for hydroxylation is 1. The summed E-state index contributed by atoms with van der Waals surface area (Å²) in [5.74, 6) is 6.87. The Balaban J connectivity index is 1.39. The third-order valence-corrected chi connectivity index (χ3v) is 7.35. The third-order valence-electron chi connectivity index (χ3n) is 7.35. The number of hydrogen-bond donors (Lipinski definition) is 0. The van der Waals surface area contributed by atoms with Gasteiger partial charge in [-0.25, -0.2) is 4.39 Å². The number of rotatable bonds is 6. The zero-order chi connectivity index (χ0) is 24.8. The van der Waals surface area contributed by atoms with E-state index >= 15 is 4.39 Å². The van der Waals surface area contributed by atoms with Crippen molar-refractivity contribution in [3.05, 3.63) is 82.7 Å². The summed E-state index contributed by atoms with van der Waals surface area (Å²) in [6.07, 6.45) is 7.23. The summed E-state index contributed by atoms with van der Waals surface area (Å²) in [5, 5.41) is 1.37. The lowest BCUT2D eigenvalue weighted by Crippen LogP contribution is -2.15. The Bertz CT molecular complexity index is 1190. The van der Waals surface area contributed by atoms with Crippen molar-refractivity contribution in [3.63, 3.8) is 0 Å². The Morgan fingerprint density at radius 2 is 1.51 bits per heavy atom. The minimum Gasteiger partial charge on any atom is -0.205 e. The van der Waals surface area contributed by atoms with E-state index in [9.17, 15) is 13.2 Å². The molecule has 4 rings (SSSR count). The largest absolute Gasteiger partial charge is 0.416 e. The second kappa shape index (κ2) is 11.3. The Morgan fingerprint density at radius 1 is 0.829 bits per heavy atom. The van der Waals surface area contributed by atoms with Gasteiger partial charge >= 0.3 is 6.18 Å². The molecule has 0 spiro atoms. The molecule has 1 saturated carbocycles. The van der Waals surface area contributed by atoms with E-state index in [2.05, 4.69) is 24.8 Å². The fourth-order valence-electron chi connectivity index (χ4n) is 5.15. The maximum atomic E-state index is 15.1. The van der Waals surface area contributed by atoms with Crippen molar-refractivity contribution in [2.24, 2.45) is 11.8 Å². The molecule has 0 atom stereocenters. The second-order valence-electron chi connectivity index (χ2n) is 9.88. The lowest BCUT2D eigenvalue weighted by molar-refractivity contribution is -0.137. The van der Waals surface area contributed by atoms with Gasteiger partial charge in [-0.2, -0.15) is 13.2 Å². The first-order valence-corrected chi connectivity index (χ1v) is 12.7. The van der Waals surface area contributed by atoms with E-state index in [1.54, 1.807) is 6.07 Å². The van der Waals surface area contributed by atoms with Gasteiger partial charge in [0.15, 0.2) is 0 Å². The van der Waals surface area contributed by atoms with Gasteiger partial charge in [0.05, 0.1) is 11.1 Å². The molecular formula is C31H32F4. The average molecular weight is 481 g/mol. The first kappa shape index (κ1) is 25.3. The molecule has 3 aromatic carbocycles. The normalized spacial score (nSPS) is 18.3. The molecule has 4 heteroatoms. The monoisotopic (exact) mass is 480 g/mol. The summed E-state index contributed by atoms with van der Waals surface area (Å²) in [6.45, 7) is 2.26. The molecule has 0 aliphatic heterocycles. The molecule has 0 radical (unpaired) electrons. The van der Waals surface area contributed by atoms with Crippen LogP contribution in [0.25, 0.3) is 10.8 Å². The zero-order valence-corrected chi connectivity index (χ0v) is 20.2. The molecule has 0 saturated heterocycles. The Morgan fingerprint density at radius 3 is 2.17 bits per heavy atom. The highest BCUT2D eigenvalue weighted by molar-refractivity contribution is 5.85. The van der Waals surface area contributed by atoms with Crippen LogP contribution in [-0.2, 0) is 12.6 Å². The van der Waals surface area contributed by atoms with E-state index in [-0.39, 0.29) is 11.4 Å². The molecule has 0 amide bonds. The van der Waals surface area contributed by atoms with E-state index in [1.165, 1.54) is 69.1 Å². The van der Waals surface area contributed by atoms with Crippen molar-refractivity contribution in [1.82, 2.24) is 0 Å². The smallest absolute Gasteiger partial charge is 0.205 e. The lowest BCUT2D eigenvalue weighted by Gasteiger charge is -2.28. The van der Waals surface area contributed by atoms with Crippen LogP contribution in [0.2, 0.25) is 0 Å². The van der Waals surface area contributed by atoms with Gasteiger partial charge in [-0.05, 0) is 66.0 Å². The van der Waals surface area contributed by atoms with Gasteiger partial charge in [0.1, 0.15) is 5.82 Å². The number of unbranched alkanes of at least 4 members (excludes halogenated alkanes) is 1. The maximum absolute atomic E-state index is 15.1.